The molecule has 2 fully saturated rings. The Hall–Kier alpha value is -3.52. The maximum Gasteiger partial charge on any atom is 0.147 e. The fraction of sp³-hybridized carbons (Fsp3) is 0.346. The average Bonchev–Trinajstić information content (AvgIpc) is 3.44. The van der Waals surface area contributed by atoms with E-state index in [1.807, 2.05) is 54.1 Å². The van der Waals surface area contributed by atoms with Crippen molar-refractivity contribution in [2.75, 3.05) is 11.9 Å². The summed E-state index contributed by atoms with van der Waals surface area (Å²) >= 11 is 0. The molecule has 0 aliphatic carbocycles. The van der Waals surface area contributed by atoms with Crippen LogP contribution in [0.2, 0.25) is 0 Å². The molecule has 2 unspecified atom stereocenters. The molecule has 174 valence electrons. The molecule has 0 spiro atoms. The van der Waals surface area contributed by atoms with Crippen molar-refractivity contribution in [1.82, 2.24) is 25.1 Å². The zero-order valence-electron chi connectivity index (χ0n) is 19.2. The lowest BCUT2D eigenvalue weighted by Crippen LogP contribution is -2.55. The lowest BCUT2D eigenvalue weighted by molar-refractivity contribution is 0.176. The number of hydrogen-bond donors (Lipinski definition) is 2. The van der Waals surface area contributed by atoms with Gasteiger partial charge in [-0.1, -0.05) is 12.1 Å². The number of hydrogen-bond acceptors (Lipinski definition) is 6. The van der Waals surface area contributed by atoms with E-state index >= 15 is 0 Å². The third-order valence-electron chi connectivity index (χ3n) is 7.40. The highest BCUT2D eigenvalue weighted by Crippen LogP contribution is 2.35. The number of nitrogens with one attached hydrogen (secondary N) is 1. The number of aryl methyl sites for hydroxylation is 1. The predicted molar refractivity (Wildman–Crippen MR) is 130 cm³/mol. The summed E-state index contributed by atoms with van der Waals surface area (Å²) in [6.45, 7) is 0. The zero-order valence-corrected chi connectivity index (χ0v) is 19.2. The minimum atomic E-state index is -0.923. The largest absolute Gasteiger partial charge is 0.507 e. The Bertz CT molecular complexity index is 1350. The van der Waals surface area contributed by atoms with E-state index in [0.717, 1.165) is 41.3 Å². The van der Waals surface area contributed by atoms with Crippen LogP contribution in [0.25, 0.3) is 33.3 Å². The number of anilines is 1. The minimum Gasteiger partial charge on any atom is -0.507 e. The second-order valence-corrected chi connectivity index (χ2v) is 9.44. The van der Waals surface area contributed by atoms with Gasteiger partial charge in [-0.05, 0) is 54.7 Å². The molecule has 2 aromatic carbocycles. The molecule has 6 rings (SSSR count). The lowest BCUT2D eigenvalue weighted by Gasteiger charge is -2.38. The number of piperidine rings is 1. The van der Waals surface area contributed by atoms with Gasteiger partial charge in [0.1, 0.15) is 17.7 Å². The highest BCUT2D eigenvalue weighted by Gasteiger charge is 2.43. The fourth-order valence-corrected chi connectivity index (χ4v) is 5.43. The van der Waals surface area contributed by atoms with Gasteiger partial charge < -0.3 is 15.3 Å². The van der Waals surface area contributed by atoms with E-state index in [1.165, 1.54) is 0 Å². The van der Waals surface area contributed by atoms with Crippen molar-refractivity contribution in [2.45, 2.75) is 43.6 Å². The molecule has 34 heavy (non-hydrogen) atoms. The maximum atomic E-state index is 14.9. The van der Waals surface area contributed by atoms with Crippen LogP contribution in [-0.4, -0.2) is 56.2 Å². The Morgan fingerprint density at radius 3 is 2.68 bits per heavy atom. The molecular formula is C26H27FN6O. The van der Waals surface area contributed by atoms with Gasteiger partial charge in [0.25, 0.3) is 0 Å². The van der Waals surface area contributed by atoms with Gasteiger partial charge in [-0.25, -0.2) is 9.37 Å². The van der Waals surface area contributed by atoms with Crippen LogP contribution in [0, 0.1) is 0 Å². The second kappa shape index (κ2) is 8.06. The first-order valence-electron chi connectivity index (χ1n) is 11.7. The van der Waals surface area contributed by atoms with Crippen molar-refractivity contribution in [3.8, 4) is 28.1 Å². The normalized spacial score (nSPS) is 24.0. The predicted octanol–water partition coefficient (Wildman–Crippen LogP) is 4.07. The van der Waals surface area contributed by atoms with E-state index in [1.54, 1.807) is 18.5 Å². The number of phenols is 1. The van der Waals surface area contributed by atoms with Gasteiger partial charge in [-0.2, -0.15) is 5.10 Å². The highest BCUT2D eigenvalue weighted by molar-refractivity contribution is 5.85. The molecule has 2 aromatic heterocycles. The Labute approximate surface area is 197 Å². The van der Waals surface area contributed by atoms with E-state index in [0.29, 0.717) is 23.1 Å². The quantitative estimate of drug-likeness (QED) is 0.480. The SMILES string of the molecule is CN(c1cnc(-c2ccc(-c3ccc4c(cnn4C)c3)cc2O)cn1)[C@H]1CC2CCC(N2)[C@H]1F. The smallest absolute Gasteiger partial charge is 0.147 e. The van der Waals surface area contributed by atoms with E-state index in [-0.39, 0.29) is 17.8 Å². The molecule has 2 bridgehead atoms. The molecule has 4 atom stereocenters. The third kappa shape index (κ3) is 3.49. The van der Waals surface area contributed by atoms with Crippen LogP contribution in [0.4, 0.5) is 10.2 Å². The lowest BCUT2D eigenvalue weighted by atomic mass is 9.96. The summed E-state index contributed by atoms with van der Waals surface area (Å²) in [7, 11) is 3.80. The standard InChI is InChI=1S/C26H27FN6O/c1-32(23-11-18-5-7-20(31-18)26(23)27)25-14-28-21(13-29-25)19-6-3-16(10-24(19)34)15-4-8-22-17(9-15)12-30-33(22)2/h3-4,6,8-10,12-14,18,20,23,26,31,34H,5,7,11H2,1-2H3/t18?,20?,23-,26+/m0/s1. The number of fused-ring (bicyclic) bond motifs is 3. The van der Waals surface area contributed by atoms with Crippen LogP contribution in [0.5, 0.6) is 5.75 Å². The molecule has 0 amide bonds. The molecule has 2 aliphatic heterocycles. The number of phenolic OH excluding ortho intramolecular Hbond substituents is 1. The van der Waals surface area contributed by atoms with Crippen molar-refractivity contribution in [2.24, 2.45) is 7.05 Å². The van der Waals surface area contributed by atoms with Gasteiger partial charge >= 0.3 is 0 Å². The Morgan fingerprint density at radius 2 is 1.88 bits per heavy atom. The first-order chi connectivity index (χ1) is 16.5. The second-order valence-electron chi connectivity index (χ2n) is 9.44. The van der Waals surface area contributed by atoms with E-state index in [2.05, 4.69) is 26.4 Å². The van der Waals surface area contributed by atoms with Crippen molar-refractivity contribution in [1.29, 1.82) is 0 Å². The summed E-state index contributed by atoms with van der Waals surface area (Å²) in [5, 5.41) is 19.5. The molecule has 4 aromatic rings. The number of alkyl halides is 1. The van der Waals surface area contributed by atoms with Crippen molar-refractivity contribution in [3.63, 3.8) is 0 Å². The van der Waals surface area contributed by atoms with Gasteiger partial charge in [0.15, 0.2) is 0 Å². The Balaban J connectivity index is 1.23. The summed E-state index contributed by atoms with van der Waals surface area (Å²) in [4.78, 5) is 11.0. The summed E-state index contributed by atoms with van der Waals surface area (Å²) in [5.74, 6) is 0.775. The number of rotatable bonds is 4. The van der Waals surface area contributed by atoms with E-state index in [4.69, 9.17) is 0 Å². The summed E-state index contributed by atoms with van der Waals surface area (Å²) in [6, 6.07) is 11.8. The van der Waals surface area contributed by atoms with Gasteiger partial charge in [0.2, 0.25) is 0 Å². The van der Waals surface area contributed by atoms with Crippen molar-refractivity contribution >= 4 is 16.7 Å². The Morgan fingerprint density at radius 1 is 1.06 bits per heavy atom. The van der Waals surface area contributed by atoms with Crippen LogP contribution >= 0.6 is 0 Å². The zero-order chi connectivity index (χ0) is 23.4. The summed E-state index contributed by atoms with van der Waals surface area (Å²) in [6.07, 6.45) is 6.91. The Kier molecular flexibility index (Phi) is 4.99. The molecule has 4 heterocycles. The number of nitrogens with zero attached hydrogens (tertiary/aromatic N) is 5. The van der Waals surface area contributed by atoms with Crippen LogP contribution in [0.1, 0.15) is 19.3 Å². The minimum absolute atomic E-state index is 0.0623. The molecule has 2 aliphatic rings. The van der Waals surface area contributed by atoms with E-state index < -0.39 is 6.17 Å². The van der Waals surface area contributed by atoms with Crippen LogP contribution in [-0.2, 0) is 7.05 Å². The molecule has 7 nitrogen and oxygen atoms in total. The molecular weight excluding hydrogens is 431 g/mol. The van der Waals surface area contributed by atoms with Gasteiger partial charge in [0.05, 0.1) is 35.8 Å². The van der Waals surface area contributed by atoms with Crippen molar-refractivity contribution in [3.05, 3.63) is 55.0 Å². The van der Waals surface area contributed by atoms with E-state index in [9.17, 15) is 9.50 Å². The molecule has 8 heteroatoms. The van der Waals surface area contributed by atoms with Gasteiger partial charge in [-0.15, -0.1) is 0 Å². The fourth-order valence-electron chi connectivity index (χ4n) is 5.43. The number of halogens is 1. The number of benzene rings is 2. The highest BCUT2D eigenvalue weighted by atomic mass is 19.1. The first kappa shape index (κ1) is 21.0. The van der Waals surface area contributed by atoms with Crippen LogP contribution in [0.15, 0.2) is 55.0 Å². The van der Waals surface area contributed by atoms with Crippen LogP contribution in [0.3, 0.4) is 0 Å². The molecule has 0 radical (unpaired) electrons. The topological polar surface area (TPSA) is 79.1 Å². The third-order valence-corrected chi connectivity index (χ3v) is 7.40. The number of aromatic hydroxyl groups is 1. The average molecular weight is 459 g/mol. The molecule has 2 N–H and O–H groups in total. The number of aromatic nitrogens is 4. The van der Waals surface area contributed by atoms with Crippen LogP contribution < -0.4 is 10.2 Å². The maximum absolute atomic E-state index is 14.9. The van der Waals surface area contributed by atoms with Crippen molar-refractivity contribution < 1.29 is 9.50 Å². The molecule has 0 saturated carbocycles. The van der Waals surface area contributed by atoms with Gasteiger partial charge in [-0.3, -0.25) is 9.67 Å². The van der Waals surface area contributed by atoms with Gasteiger partial charge in [0, 0.05) is 37.1 Å². The summed E-state index contributed by atoms with van der Waals surface area (Å²) in [5.41, 5.74) is 4.15. The first-order valence-corrected chi connectivity index (χ1v) is 11.7. The summed E-state index contributed by atoms with van der Waals surface area (Å²) < 4.78 is 16.8. The monoisotopic (exact) mass is 458 g/mol. The molecule has 2 saturated heterocycles.